The lowest BCUT2D eigenvalue weighted by molar-refractivity contribution is -0.150. The Morgan fingerprint density at radius 3 is 1.75 bits per heavy atom. The molecule has 0 spiro atoms. The van der Waals surface area contributed by atoms with Crippen molar-refractivity contribution in [3.63, 3.8) is 0 Å². The van der Waals surface area contributed by atoms with Crippen LogP contribution in [-0.4, -0.2) is 56.0 Å². The van der Waals surface area contributed by atoms with Crippen LogP contribution in [0, 0.1) is 0 Å². The molecule has 2 amide bonds. The van der Waals surface area contributed by atoms with Crippen molar-refractivity contribution in [2.75, 3.05) is 26.7 Å². The van der Waals surface area contributed by atoms with E-state index < -0.39 is 0 Å². The maximum Gasteiger partial charge on any atom is 0.314 e. The molecule has 0 radical (unpaired) electrons. The summed E-state index contributed by atoms with van der Waals surface area (Å²) in [4.78, 5) is 23.6. The average molecular weight is 570 g/mol. The van der Waals surface area contributed by atoms with Crippen LogP contribution in [-0.2, 0) is 9.53 Å². The van der Waals surface area contributed by atoms with Gasteiger partial charge in [0.25, 0.3) is 0 Å². The predicted molar refractivity (Wildman–Crippen MR) is 169 cm³/mol. The lowest BCUT2D eigenvalue weighted by atomic mass is 10.0. The van der Waals surface area contributed by atoms with Crippen molar-refractivity contribution >= 4 is 12.0 Å². The van der Waals surface area contributed by atoms with E-state index in [2.05, 4.69) is 29.8 Å². The number of rotatable bonds is 30. The van der Waals surface area contributed by atoms with E-state index in [4.69, 9.17) is 4.74 Å². The first-order valence-corrected chi connectivity index (χ1v) is 17.1. The largest absolute Gasteiger partial charge is 0.462 e. The van der Waals surface area contributed by atoms with E-state index in [0.29, 0.717) is 19.5 Å². The van der Waals surface area contributed by atoms with Crippen LogP contribution < -0.4 is 16.0 Å². The van der Waals surface area contributed by atoms with Gasteiger partial charge in [0.2, 0.25) is 0 Å². The van der Waals surface area contributed by atoms with Gasteiger partial charge in [0.1, 0.15) is 6.10 Å². The number of esters is 1. The molecule has 0 aliphatic carbocycles. The second-order valence-electron chi connectivity index (χ2n) is 11.6. The number of urea groups is 1. The maximum atomic E-state index is 12.5. The summed E-state index contributed by atoms with van der Waals surface area (Å²) in [7, 11) is 1.60. The standard InChI is InChI=1S/C33H67N3O4/c1-4-6-8-10-13-17-24-31(25-18-14-11-9-7-5-2)40-32(38)26-19-15-12-16-21-27-35-29-30(37)23-20-22-28-36-33(39)34-3/h30-31,35,37H,4-29H2,1-3H3,(H2,34,36,39). The minimum absolute atomic E-state index is 0.00188. The van der Waals surface area contributed by atoms with Crippen molar-refractivity contribution in [3.05, 3.63) is 0 Å². The molecule has 0 saturated heterocycles. The molecule has 0 aromatic heterocycles. The Balaban J connectivity index is 3.84. The highest BCUT2D eigenvalue weighted by Crippen LogP contribution is 2.18. The Hall–Kier alpha value is -1.34. The fraction of sp³-hybridized carbons (Fsp3) is 0.939. The molecule has 7 heteroatoms. The van der Waals surface area contributed by atoms with Gasteiger partial charge >= 0.3 is 12.0 Å². The number of nitrogens with one attached hydrogen (secondary N) is 3. The number of hydrogen-bond donors (Lipinski definition) is 4. The monoisotopic (exact) mass is 570 g/mol. The van der Waals surface area contributed by atoms with E-state index in [9.17, 15) is 14.7 Å². The summed E-state index contributed by atoms with van der Waals surface area (Å²) < 4.78 is 5.95. The van der Waals surface area contributed by atoms with Crippen molar-refractivity contribution < 1.29 is 19.4 Å². The summed E-state index contributed by atoms with van der Waals surface area (Å²) in [6.45, 7) is 6.67. The molecule has 40 heavy (non-hydrogen) atoms. The normalized spacial score (nSPS) is 12.0. The Morgan fingerprint density at radius 2 is 1.15 bits per heavy atom. The lowest BCUT2D eigenvalue weighted by Crippen LogP contribution is -2.33. The van der Waals surface area contributed by atoms with E-state index in [0.717, 1.165) is 70.8 Å². The third-order valence-corrected chi connectivity index (χ3v) is 7.65. The highest BCUT2D eigenvalue weighted by Gasteiger charge is 2.14. The van der Waals surface area contributed by atoms with Crippen LogP contribution >= 0.6 is 0 Å². The predicted octanol–water partition coefficient (Wildman–Crippen LogP) is 7.79. The summed E-state index contributed by atoms with van der Waals surface area (Å²) >= 11 is 0. The Labute approximate surface area is 247 Å². The van der Waals surface area contributed by atoms with Gasteiger partial charge in [-0.25, -0.2) is 4.79 Å². The maximum absolute atomic E-state index is 12.5. The van der Waals surface area contributed by atoms with Crippen LogP contribution in [0.25, 0.3) is 0 Å². The number of carbonyl (C=O) groups excluding carboxylic acids is 2. The van der Waals surface area contributed by atoms with Gasteiger partial charge in [-0.3, -0.25) is 4.79 Å². The van der Waals surface area contributed by atoms with Gasteiger partial charge in [0, 0.05) is 26.6 Å². The van der Waals surface area contributed by atoms with Crippen molar-refractivity contribution in [3.8, 4) is 0 Å². The number of unbranched alkanes of at least 4 members (excludes halogenated alkanes) is 15. The minimum Gasteiger partial charge on any atom is -0.462 e. The molecule has 0 heterocycles. The third-order valence-electron chi connectivity index (χ3n) is 7.65. The van der Waals surface area contributed by atoms with E-state index in [1.165, 1.54) is 77.0 Å². The number of aliphatic hydroxyl groups excluding tert-OH is 1. The van der Waals surface area contributed by atoms with Crippen molar-refractivity contribution in [1.82, 2.24) is 16.0 Å². The van der Waals surface area contributed by atoms with Gasteiger partial charge < -0.3 is 25.8 Å². The van der Waals surface area contributed by atoms with Crippen LogP contribution in [0.15, 0.2) is 0 Å². The molecule has 1 atom stereocenters. The quantitative estimate of drug-likeness (QED) is 0.0523. The SMILES string of the molecule is CCCCCCCCC(CCCCCCCC)OC(=O)CCCCCCCNCC(O)CCCCNC(=O)NC. The minimum atomic E-state index is -0.336. The number of ether oxygens (including phenoxy) is 1. The first-order chi connectivity index (χ1) is 19.5. The van der Waals surface area contributed by atoms with Gasteiger partial charge in [0.05, 0.1) is 6.10 Å². The molecule has 0 bridgehead atoms. The lowest BCUT2D eigenvalue weighted by Gasteiger charge is -2.18. The number of amides is 2. The van der Waals surface area contributed by atoms with Gasteiger partial charge in [0.15, 0.2) is 0 Å². The molecule has 1 unspecified atom stereocenters. The second-order valence-corrected chi connectivity index (χ2v) is 11.6. The molecule has 0 fully saturated rings. The Bertz CT molecular complexity index is 546. The van der Waals surface area contributed by atoms with Crippen molar-refractivity contribution in [1.29, 1.82) is 0 Å². The zero-order chi connectivity index (χ0) is 29.5. The summed E-state index contributed by atoms with van der Waals surface area (Å²) in [6, 6.07) is -0.159. The third kappa shape index (κ3) is 28.2. The molecular formula is C33H67N3O4. The Kier molecular flexibility index (Phi) is 29.6. The van der Waals surface area contributed by atoms with Gasteiger partial charge in [-0.05, 0) is 64.3 Å². The molecule has 238 valence electrons. The highest BCUT2D eigenvalue weighted by molar-refractivity contribution is 5.73. The molecule has 7 nitrogen and oxygen atoms in total. The van der Waals surface area contributed by atoms with Crippen LogP contribution in [0.5, 0.6) is 0 Å². The van der Waals surface area contributed by atoms with Crippen LogP contribution in [0.1, 0.15) is 162 Å². The van der Waals surface area contributed by atoms with Crippen LogP contribution in [0.4, 0.5) is 4.79 Å². The number of carbonyl (C=O) groups is 2. The highest BCUT2D eigenvalue weighted by atomic mass is 16.5. The van der Waals surface area contributed by atoms with E-state index in [-0.39, 0.29) is 24.2 Å². The fourth-order valence-corrected chi connectivity index (χ4v) is 5.03. The molecular weight excluding hydrogens is 502 g/mol. The topological polar surface area (TPSA) is 99.7 Å². The van der Waals surface area contributed by atoms with Gasteiger partial charge in [-0.1, -0.05) is 97.3 Å². The molecule has 0 aromatic carbocycles. The number of hydrogen-bond acceptors (Lipinski definition) is 5. The zero-order valence-corrected chi connectivity index (χ0v) is 26.7. The van der Waals surface area contributed by atoms with Crippen LogP contribution in [0.3, 0.4) is 0 Å². The van der Waals surface area contributed by atoms with Crippen molar-refractivity contribution in [2.45, 2.75) is 174 Å². The van der Waals surface area contributed by atoms with E-state index >= 15 is 0 Å². The van der Waals surface area contributed by atoms with E-state index in [1.807, 2.05) is 0 Å². The first kappa shape index (κ1) is 38.7. The molecule has 0 aromatic rings. The van der Waals surface area contributed by atoms with Gasteiger partial charge in [-0.2, -0.15) is 0 Å². The molecule has 0 aliphatic rings. The smallest absolute Gasteiger partial charge is 0.314 e. The fourth-order valence-electron chi connectivity index (χ4n) is 5.03. The zero-order valence-electron chi connectivity index (χ0n) is 26.7. The summed E-state index contributed by atoms with van der Waals surface area (Å²) in [5.74, 6) is 0.00188. The van der Waals surface area contributed by atoms with Crippen molar-refractivity contribution in [2.24, 2.45) is 0 Å². The average Bonchev–Trinajstić information content (AvgIpc) is 2.95. The molecule has 0 saturated carbocycles. The number of aliphatic hydroxyl groups is 1. The summed E-state index contributed by atoms with van der Waals surface area (Å²) in [5.41, 5.74) is 0. The van der Waals surface area contributed by atoms with Gasteiger partial charge in [-0.15, -0.1) is 0 Å². The second kappa shape index (κ2) is 30.6. The molecule has 0 aliphatic heterocycles. The first-order valence-electron chi connectivity index (χ1n) is 17.1. The summed E-state index contributed by atoms with van der Waals surface area (Å²) in [6.07, 6.45) is 25.6. The molecule has 4 N–H and O–H groups in total. The molecule has 0 rings (SSSR count). The van der Waals surface area contributed by atoms with E-state index in [1.54, 1.807) is 7.05 Å². The van der Waals surface area contributed by atoms with Crippen LogP contribution in [0.2, 0.25) is 0 Å². The summed E-state index contributed by atoms with van der Waals surface area (Å²) in [5, 5.41) is 18.7. The Morgan fingerprint density at radius 1 is 0.650 bits per heavy atom.